The van der Waals surface area contributed by atoms with Gasteiger partial charge < -0.3 is 10.0 Å². The average molecular weight is 229 g/mol. The van der Waals surface area contributed by atoms with Crippen LogP contribution in [0.2, 0.25) is 0 Å². The second-order valence-electron chi connectivity index (χ2n) is 4.21. The molecule has 0 radical (unpaired) electrons. The Balaban J connectivity index is 2.70. The lowest BCUT2D eigenvalue weighted by molar-refractivity contribution is -0.142. The van der Waals surface area contributed by atoms with Crippen molar-refractivity contribution in [2.24, 2.45) is 0 Å². The minimum Gasteiger partial charge on any atom is -0.480 e. The summed E-state index contributed by atoms with van der Waals surface area (Å²) in [4.78, 5) is 24.3. The van der Waals surface area contributed by atoms with Crippen LogP contribution in [0.4, 0.5) is 4.79 Å². The summed E-state index contributed by atoms with van der Waals surface area (Å²) in [6, 6.07) is -1.03. The largest absolute Gasteiger partial charge is 0.480 e. The third kappa shape index (κ3) is 3.37. The van der Waals surface area contributed by atoms with Crippen molar-refractivity contribution in [2.45, 2.75) is 31.7 Å². The highest BCUT2D eigenvalue weighted by Crippen LogP contribution is 2.17. The van der Waals surface area contributed by atoms with Gasteiger partial charge in [-0.2, -0.15) is 0 Å². The van der Waals surface area contributed by atoms with E-state index in [-0.39, 0.29) is 6.03 Å². The summed E-state index contributed by atoms with van der Waals surface area (Å²) in [6.45, 7) is 0.511. The summed E-state index contributed by atoms with van der Waals surface area (Å²) in [6.07, 6.45) is 3.25. The van der Waals surface area contributed by atoms with Crippen LogP contribution in [0.15, 0.2) is 0 Å². The molecule has 1 aliphatic heterocycles. The summed E-state index contributed by atoms with van der Waals surface area (Å²) >= 11 is 0. The van der Waals surface area contributed by atoms with Crippen LogP contribution in [0.5, 0.6) is 0 Å². The fourth-order valence-corrected chi connectivity index (χ4v) is 1.86. The van der Waals surface area contributed by atoms with Gasteiger partial charge >= 0.3 is 12.0 Å². The normalized spacial score (nSPS) is 21.7. The number of carbonyl (C=O) groups excluding carboxylic acids is 1. The Kier molecular flexibility index (Phi) is 4.54. The van der Waals surface area contributed by atoms with Gasteiger partial charge in [0.25, 0.3) is 0 Å². The topological polar surface area (TPSA) is 72.9 Å². The van der Waals surface area contributed by atoms with Crippen LogP contribution in [0, 0.1) is 0 Å². The van der Waals surface area contributed by atoms with Crippen molar-refractivity contribution in [3.05, 3.63) is 0 Å². The van der Waals surface area contributed by atoms with Gasteiger partial charge in [-0.1, -0.05) is 12.8 Å². The molecule has 2 N–H and O–H groups in total. The first-order valence-electron chi connectivity index (χ1n) is 5.49. The van der Waals surface area contributed by atoms with Crippen molar-refractivity contribution in [1.29, 1.82) is 0 Å². The zero-order valence-electron chi connectivity index (χ0n) is 9.77. The molecule has 1 rings (SSSR count). The Bertz CT molecular complexity index is 268. The maximum absolute atomic E-state index is 11.8. The highest BCUT2D eigenvalue weighted by atomic mass is 16.4. The number of rotatable bonds is 2. The number of aliphatic carboxylic acids is 1. The highest BCUT2D eigenvalue weighted by Gasteiger charge is 2.30. The van der Waals surface area contributed by atoms with E-state index in [2.05, 4.69) is 5.43 Å². The fraction of sp³-hybridized carbons (Fsp3) is 0.800. The maximum atomic E-state index is 11.8. The Hall–Kier alpha value is -1.30. The van der Waals surface area contributed by atoms with E-state index in [0.29, 0.717) is 13.0 Å². The van der Waals surface area contributed by atoms with Gasteiger partial charge in [-0.25, -0.2) is 14.6 Å². The molecule has 1 unspecified atom stereocenters. The fourth-order valence-electron chi connectivity index (χ4n) is 1.86. The van der Waals surface area contributed by atoms with E-state index in [1.807, 2.05) is 0 Å². The predicted molar refractivity (Wildman–Crippen MR) is 58.8 cm³/mol. The molecule has 0 aliphatic carbocycles. The number of carbonyl (C=O) groups is 2. The molecule has 1 fully saturated rings. The molecule has 0 saturated carbocycles. The third-order valence-electron chi connectivity index (χ3n) is 2.62. The molecule has 0 aromatic heterocycles. The summed E-state index contributed by atoms with van der Waals surface area (Å²) in [5.74, 6) is -0.921. The molecule has 1 heterocycles. The quantitative estimate of drug-likeness (QED) is 0.676. The first-order chi connectivity index (χ1) is 7.52. The number of hydrogen-bond donors (Lipinski definition) is 2. The molecular weight excluding hydrogens is 210 g/mol. The van der Waals surface area contributed by atoms with Crippen molar-refractivity contribution < 1.29 is 14.7 Å². The Morgan fingerprint density at radius 2 is 2.00 bits per heavy atom. The smallest absolute Gasteiger partial charge is 0.332 e. The molecule has 1 saturated heterocycles. The van der Waals surface area contributed by atoms with Crippen molar-refractivity contribution in [2.75, 3.05) is 20.6 Å². The summed E-state index contributed by atoms with van der Waals surface area (Å²) < 4.78 is 0. The average Bonchev–Trinajstić information content (AvgIpc) is 2.40. The Labute approximate surface area is 95.2 Å². The monoisotopic (exact) mass is 229 g/mol. The summed E-state index contributed by atoms with van der Waals surface area (Å²) in [5.41, 5.74) is 2.58. The number of hydrazine groups is 1. The predicted octanol–water partition coefficient (Wildman–Crippen LogP) is 0.502. The molecule has 92 valence electrons. The molecule has 1 atom stereocenters. The molecule has 0 aromatic rings. The third-order valence-corrected chi connectivity index (χ3v) is 2.62. The van der Waals surface area contributed by atoms with Crippen molar-refractivity contribution in [3.63, 3.8) is 0 Å². The number of likely N-dealkylation sites (tertiary alicyclic amines) is 1. The van der Waals surface area contributed by atoms with Crippen molar-refractivity contribution >= 4 is 12.0 Å². The lowest BCUT2D eigenvalue weighted by Crippen LogP contribution is -2.52. The second kappa shape index (κ2) is 5.69. The van der Waals surface area contributed by atoms with Crippen LogP contribution in [0.25, 0.3) is 0 Å². The Morgan fingerprint density at radius 3 is 2.56 bits per heavy atom. The van der Waals surface area contributed by atoms with Gasteiger partial charge in [-0.3, -0.25) is 5.43 Å². The van der Waals surface area contributed by atoms with Gasteiger partial charge in [0.2, 0.25) is 0 Å². The van der Waals surface area contributed by atoms with Gasteiger partial charge in [0.15, 0.2) is 0 Å². The standard InChI is InChI=1S/C10H19N3O3/c1-12(2)11-10(16)13-7-5-3-4-6-8(13)9(14)15/h8H,3-7H2,1-2H3,(H,11,16)(H,14,15). The van der Waals surface area contributed by atoms with E-state index in [1.165, 1.54) is 9.91 Å². The van der Waals surface area contributed by atoms with E-state index < -0.39 is 12.0 Å². The summed E-state index contributed by atoms with van der Waals surface area (Å²) in [5, 5.41) is 10.6. The number of carboxylic acids is 1. The van der Waals surface area contributed by atoms with E-state index in [9.17, 15) is 9.59 Å². The van der Waals surface area contributed by atoms with Crippen molar-refractivity contribution in [1.82, 2.24) is 15.3 Å². The molecule has 1 aliphatic rings. The van der Waals surface area contributed by atoms with Crippen LogP contribution in [-0.4, -0.2) is 53.7 Å². The number of urea groups is 1. The zero-order chi connectivity index (χ0) is 12.1. The van der Waals surface area contributed by atoms with Gasteiger partial charge in [0, 0.05) is 20.6 Å². The zero-order valence-corrected chi connectivity index (χ0v) is 9.77. The molecule has 2 amide bonds. The minimum atomic E-state index is -0.921. The maximum Gasteiger partial charge on any atom is 0.332 e. The molecule has 0 spiro atoms. The second-order valence-corrected chi connectivity index (χ2v) is 4.21. The number of nitrogens with zero attached hydrogens (tertiary/aromatic N) is 2. The first kappa shape index (κ1) is 12.8. The molecule has 0 bridgehead atoms. The van der Waals surface area contributed by atoms with E-state index >= 15 is 0 Å². The first-order valence-corrected chi connectivity index (χ1v) is 5.49. The van der Waals surface area contributed by atoms with Crippen LogP contribution < -0.4 is 5.43 Å². The molecule has 6 heteroatoms. The molecule has 0 aromatic carbocycles. The highest BCUT2D eigenvalue weighted by molar-refractivity contribution is 5.82. The molecule has 6 nitrogen and oxygen atoms in total. The lowest BCUT2D eigenvalue weighted by Gasteiger charge is -2.28. The van der Waals surface area contributed by atoms with Crippen LogP contribution >= 0.6 is 0 Å². The van der Waals surface area contributed by atoms with Crippen LogP contribution in [0.1, 0.15) is 25.7 Å². The number of amides is 2. The lowest BCUT2D eigenvalue weighted by atomic mass is 10.1. The number of hydrogen-bond acceptors (Lipinski definition) is 3. The van der Waals surface area contributed by atoms with Gasteiger partial charge in [0.1, 0.15) is 6.04 Å². The minimum absolute atomic E-state index is 0.334. The Morgan fingerprint density at radius 1 is 1.31 bits per heavy atom. The molecular formula is C10H19N3O3. The van der Waals surface area contributed by atoms with Gasteiger partial charge in [-0.15, -0.1) is 0 Å². The van der Waals surface area contributed by atoms with Crippen LogP contribution in [0.3, 0.4) is 0 Å². The van der Waals surface area contributed by atoms with E-state index in [1.54, 1.807) is 14.1 Å². The van der Waals surface area contributed by atoms with E-state index in [0.717, 1.165) is 19.3 Å². The summed E-state index contributed by atoms with van der Waals surface area (Å²) in [7, 11) is 3.40. The van der Waals surface area contributed by atoms with Gasteiger partial charge in [-0.05, 0) is 12.8 Å². The SMILES string of the molecule is CN(C)NC(=O)N1CCCCCC1C(=O)O. The molecule has 16 heavy (non-hydrogen) atoms. The van der Waals surface area contributed by atoms with Gasteiger partial charge in [0.05, 0.1) is 0 Å². The number of carboxylic acid groups (broad SMARTS) is 1. The number of nitrogens with one attached hydrogen (secondary N) is 1. The van der Waals surface area contributed by atoms with Crippen molar-refractivity contribution in [3.8, 4) is 0 Å². The van der Waals surface area contributed by atoms with E-state index in [4.69, 9.17) is 5.11 Å². The van der Waals surface area contributed by atoms with Crippen LogP contribution in [-0.2, 0) is 4.79 Å².